The van der Waals surface area contributed by atoms with E-state index in [0.717, 1.165) is 25.1 Å². The van der Waals surface area contributed by atoms with Gasteiger partial charge in [0, 0.05) is 19.3 Å². The van der Waals surface area contributed by atoms with Crippen molar-refractivity contribution in [2.24, 2.45) is 52.3 Å². The van der Waals surface area contributed by atoms with Gasteiger partial charge in [-0.1, -0.05) is 0 Å². The molecule has 0 radical (unpaired) electrons. The standard InChI is InChI=1S/C23H23F3N2O3/c1-31-20(30)22-13-8-12-16(22)17-18(22)15(13)21(12,17)11-4-6-28(7-5-11)19(29)10-2-3-14(27-9-10)23(24,25)26/h2-3,9,11-13,15-18H,4-8H2,1H3. The number of methoxy groups -OCH3 is 1. The van der Waals surface area contributed by atoms with Crippen LogP contribution in [0.4, 0.5) is 13.2 Å². The number of amides is 1. The number of aromatic nitrogens is 1. The summed E-state index contributed by atoms with van der Waals surface area (Å²) >= 11 is 0. The van der Waals surface area contributed by atoms with Gasteiger partial charge in [-0.15, -0.1) is 0 Å². The highest BCUT2D eigenvalue weighted by Gasteiger charge is 3.05. The van der Waals surface area contributed by atoms with Gasteiger partial charge < -0.3 is 9.64 Å². The SMILES string of the molecule is COC(=O)C12C3CC4C1C1C2C3C41C1CCN(C(=O)c2ccc(C(F)(F)F)nc2)CC1. The third-order valence-electron chi connectivity index (χ3n) is 10.4. The molecular weight excluding hydrogens is 409 g/mol. The van der Waals surface area contributed by atoms with Crippen LogP contribution in [0.2, 0.25) is 0 Å². The number of pyridine rings is 1. The number of piperidine rings is 1. The normalized spacial score (nSPS) is 45.7. The van der Waals surface area contributed by atoms with E-state index >= 15 is 0 Å². The Morgan fingerprint density at radius 2 is 1.84 bits per heavy atom. The molecule has 8 unspecified atom stereocenters. The summed E-state index contributed by atoms with van der Waals surface area (Å²) in [5.41, 5.74) is -0.507. The number of carbonyl (C=O) groups excluding carboxylic acids is 2. The Morgan fingerprint density at radius 3 is 2.39 bits per heavy atom. The smallest absolute Gasteiger partial charge is 0.433 e. The van der Waals surface area contributed by atoms with Crippen LogP contribution in [-0.2, 0) is 15.7 Å². The van der Waals surface area contributed by atoms with Gasteiger partial charge >= 0.3 is 12.1 Å². The molecule has 2 bridgehead atoms. The van der Waals surface area contributed by atoms with Crippen molar-refractivity contribution < 1.29 is 27.5 Å². The maximum absolute atomic E-state index is 12.8. The predicted octanol–water partition coefficient (Wildman–Crippen LogP) is 3.25. The molecule has 6 aliphatic carbocycles. The maximum Gasteiger partial charge on any atom is 0.433 e. The van der Waals surface area contributed by atoms with Crippen molar-refractivity contribution in [1.29, 1.82) is 0 Å². The zero-order valence-corrected chi connectivity index (χ0v) is 17.1. The molecule has 164 valence electrons. The van der Waals surface area contributed by atoms with Gasteiger partial charge in [-0.05, 0) is 78.2 Å². The molecular formula is C23H23F3N2O3. The third-order valence-corrected chi connectivity index (χ3v) is 10.4. The first-order chi connectivity index (χ1) is 14.8. The molecule has 0 spiro atoms. The summed E-state index contributed by atoms with van der Waals surface area (Å²) < 4.78 is 43.3. The molecule has 0 N–H and O–H groups in total. The van der Waals surface area contributed by atoms with Crippen LogP contribution in [0.25, 0.3) is 0 Å². The molecule has 8 atom stereocenters. The Kier molecular flexibility index (Phi) is 3.13. The molecule has 1 saturated heterocycles. The van der Waals surface area contributed by atoms with Gasteiger partial charge in [-0.3, -0.25) is 14.6 Å². The molecule has 0 aromatic carbocycles. The van der Waals surface area contributed by atoms with Crippen molar-refractivity contribution in [2.75, 3.05) is 20.2 Å². The van der Waals surface area contributed by atoms with Crippen LogP contribution in [0.1, 0.15) is 35.3 Å². The molecule has 1 aromatic heterocycles. The highest BCUT2D eigenvalue weighted by molar-refractivity contribution is 5.94. The van der Waals surface area contributed by atoms with Crippen molar-refractivity contribution in [3.05, 3.63) is 29.6 Å². The van der Waals surface area contributed by atoms with Gasteiger partial charge in [0.2, 0.25) is 0 Å². The van der Waals surface area contributed by atoms with E-state index in [4.69, 9.17) is 4.74 Å². The van der Waals surface area contributed by atoms with Crippen LogP contribution in [-0.4, -0.2) is 42.0 Å². The first-order valence-corrected chi connectivity index (χ1v) is 11.2. The van der Waals surface area contributed by atoms with Gasteiger partial charge in [0.25, 0.3) is 5.91 Å². The Bertz CT molecular complexity index is 1010. The Hall–Kier alpha value is -2.12. The molecule has 1 aliphatic heterocycles. The summed E-state index contributed by atoms with van der Waals surface area (Å²) in [6.45, 7) is 1.28. The Balaban J connectivity index is 1.03. The van der Waals surface area contributed by atoms with Gasteiger partial charge in [-0.2, -0.15) is 13.2 Å². The lowest BCUT2D eigenvalue weighted by atomic mass is 9.08. The molecule has 31 heavy (non-hydrogen) atoms. The second kappa shape index (κ2) is 5.26. The minimum absolute atomic E-state index is 0.0290. The number of esters is 1. The number of likely N-dealkylation sites (tertiary alicyclic amines) is 1. The number of hydrogen-bond acceptors (Lipinski definition) is 4. The van der Waals surface area contributed by atoms with E-state index in [1.54, 1.807) is 4.90 Å². The van der Waals surface area contributed by atoms with Crippen LogP contribution in [0.15, 0.2) is 18.3 Å². The molecule has 7 aliphatic rings. The van der Waals surface area contributed by atoms with Crippen LogP contribution >= 0.6 is 0 Å². The second-order valence-corrected chi connectivity index (χ2v) is 10.5. The Labute approximate surface area is 177 Å². The summed E-state index contributed by atoms with van der Waals surface area (Å²) in [6, 6.07) is 2.09. The minimum atomic E-state index is -4.50. The number of rotatable bonds is 3. The summed E-state index contributed by atoms with van der Waals surface area (Å²) in [7, 11) is 1.51. The van der Waals surface area contributed by atoms with Gasteiger partial charge in [0.05, 0.1) is 18.1 Å². The largest absolute Gasteiger partial charge is 0.469 e. The van der Waals surface area contributed by atoms with E-state index < -0.39 is 11.9 Å². The van der Waals surface area contributed by atoms with E-state index in [0.29, 0.717) is 59.9 Å². The molecule has 5 nitrogen and oxygen atoms in total. The second-order valence-electron chi connectivity index (χ2n) is 10.5. The monoisotopic (exact) mass is 432 g/mol. The molecule has 7 fully saturated rings. The van der Waals surface area contributed by atoms with Gasteiger partial charge in [-0.25, -0.2) is 0 Å². The number of alkyl halides is 3. The zero-order valence-electron chi connectivity index (χ0n) is 17.1. The van der Waals surface area contributed by atoms with Crippen molar-refractivity contribution in [3.63, 3.8) is 0 Å². The average molecular weight is 432 g/mol. The molecule has 8 rings (SSSR count). The fourth-order valence-electron chi connectivity index (χ4n) is 9.89. The van der Waals surface area contributed by atoms with Crippen molar-refractivity contribution in [1.82, 2.24) is 9.88 Å². The first-order valence-electron chi connectivity index (χ1n) is 11.2. The van der Waals surface area contributed by atoms with Crippen LogP contribution in [0.3, 0.4) is 0 Å². The zero-order chi connectivity index (χ0) is 21.5. The fourth-order valence-corrected chi connectivity index (χ4v) is 9.89. The maximum atomic E-state index is 12.8. The van der Waals surface area contributed by atoms with E-state index in [-0.39, 0.29) is 22.9 Å². The van der Waals surface area contributed by atoms with Crippen LogP contribution in [0.5, 0.6) is 0 Å². The van der Waals surface area contributed by atoms with Crippen molar-refractivity contribution in [3.8, 4) is 0 Å². The first kappa shape index (κ1) is 18.5. The summed E-state index contributed by atoms with van der Waals surface area (Å²) in [5.74, 6) is 4.01. The number of halogens is 3. The summed E-state index contributed by atoms with van der Waals surface area (Å²) in [6.07, 6.45) is -0.405. The fraction of sp³-hybridized carbons (Fsp3) is 0.696. The highest BCUT2D eigenvalue weighted by Crippen LogP contribution is 3.05. The lowest BCUT2D eigenvalue weighted by molar-refractivity contribution is -0.487. The molecule has 1 aromatic rings. The lowest BCUT2D eigenvalue weighted by Crippen LogP contribution is -2.95. The quantitative estimate of drug-likeness (QED) is 0.688. The molecule has 6 saturated carbocycles. The summed E-state index contributed by atoms with van der Waals surface area (Å²) in [4.78, 5) is 30.5. The highest BCUT2D eigenvalue weighted by atomic mass is 19.4. The predicted molar refractivity (Wildman–Crippen MR) is 100 cm³/mol. The number of carbonyl (C=O) groups is 2. The van der Waals surface area contributed by atoms with Crippen molar-refractivity contribution in [2.45, 2.75) is 25.4 Å². The summed E-state index contributed by atoms with van der Waals surface area (Å²) in [5, 5.41) is 0. The van der Waals surface area contributed by atoms with Crippen LogP contribution in [0, 0.1) is 52.3 Å². The van der Waals surface area contributed by atoms with Gasteiger partial charge in [0.1, 0.15) is 5.69 Å². The molecule has 2 heterocycles. The average Bonchev–Trinajstić information content (AvgIpc) is 2.95. The Morgan fingerprint density at radius 1 is 1.10 bits per heavy atom. The topological polar surface area (TPSA) is 59.5 Å². The van der Waals surface area contributed by atoms with E-state index in [1.165, 1.54) is 19.6 Å². The minimum Gasteiger partial charge on any atom is -0.469 e. The molecule has 1 amide bonds. The van der Waals surface area contributed by atoms with Gasteiger partial charge in [0.15, 0.2) is 0 Å². The van der Waals surface area contributed by atoms with Crippen LogP contribution < -0.4 is 0 Å². The number of nitrogens with zero attached hydrogens (tertiary/aromatic N) is 2. The van der Waals surface area contributed by atoms with E-state index in [1.807, 2.05) is 0 Å². The number of hydrogen-bond donors (Lipinski definition) is 0. The third kappa shape index (κ3) is 1.67. The van der Waals surface area contributed by atoms with Crippen molar-refractivity contribution >= 4 is 11.9 Å². The lowest BCUT2D eigenvalue weighted by Gasteiger charge is -2.95. The molecule has 8 heteroatoms. The van der Waals surface area contributed by atoms with E-state index in [9.17, 15) is 22.8 Å². The number of ether oxygens (including phenoxy) is 1. The van der Waals surface area contributed by atoms with E-state index in [2.05, 4.69) is 4.98 Å².